The summed E-state index contributed by atoms with van der Waals surface area (Å²) in [5.41, 5.74) is 0.992. The Morgan fingerprint density at radius 1 is 1.31 bits per heavy atom. The first-order valence-electron chi connectivity index (χ1n) is 4.03. The Kier molecular flexibility index (Phi) is 1.97. The Labute approximate surface area is 76.3 Å². The minimum Gasteiger partial charge on any atom is -0.472 e. The number of benzene rings is 1. The Balaban J connectivity index is 2.25. The normalized spacial score (nSPS) is 25.2. The van der Waals surface area contributed by atoms with Gasteiger partial charge in [-0.3, -0.25) is 0 Å². The van der Waals surface area contributed by atoms with Crippen LogP contribution in [0.1, 0.15) is 11.7 Å². The van der Waals surface area contributed by atoms with Crippen LogP contribution in [0, 0.1) is 11.3 Å². The lowest BCUT2D eigenvalue weighted by Gasteiger charge is -2.11. The molecule has 3 heteroatoms. The highest BCUT2D eigenvalue weighted by Crippen LogP contribution is 2.25. The molecule has 0 saturated heterocycles. The number of nitriles is 1. The first kappa shape index (κ1) is 7.81. The van der Waals surface area contributed by atoms with Crippen LogP contribution in [0.5, 0.6) is 0 Å². The van der Waals surface area contributed by atoms with E-state index in [4.69, 9.17) is 10.00 Å². The summed E-state index contributed by atoms with van der Waals surface area (Å²) in [7, 11) is 0. The Bertz CT molecular complexity index is 353. The third-order valence-corrected chi connectivity index (χ3v) is 1.98. The first-order valence-corrected chi connectivity index (χ1v) is 4.03. The van der Waals surface area contributed by atoms with E-state index in [1.807, 2.05) is 30.3 Å². The molecular formula is C10H8N2O. The van der Waals surface area contributed by atoms with Crippen LogP contribution >= 0.6 is 0 Å². The lowest BCUT2D eigenvalue weighted by molar-refractivity contribution is 0.221. The molecule has 0 amide bonds. The van der Waals surface area contributed by atoms with Crippen molar-refractivity contribution in [2.75, 3.05) is 0 Å². The molecule has 13 heavy (non-hydrogen) atoms. The molecule has 3 nitrogen and oxygen atoms in total. The predicted octanol–water partition coefficient (Wildman–Crippen LogP) is 1.68. The fourth-order valence-corrected chi connectivity index (χ4v) is 1.32. The van der Waals surface area contributed by atoms with Crippen LogP contribution in [0.25, 0.3) is 0 Å². The summed E-state index contributed by atoms with van der Waals surface area (Å²) in [6, 6.07) is 11.3. The van der Waals surface area contributed by atoms with Crippen LogP contribution in [-0.4, -0.2) is 12.4 Å². The second kappa shape index (κ2) is 3.28. The maximum atomic E-state index is 8.75. The molecule has 0 saturated carbocycles. The maximum absolute atomic E-state index is 8.75. The minimum atomic E-state index is -0.401. The van der Waals surface area contributed by atoms with Gasteiger partial charge in [0.05, 0.1) is 6.07 Å². The SMILES string of the molecule is N#CC1N=COC1c1ccccc1. The zero-order chi connectivity index (χ0) is 9.10. The summed E-state index contributed by atoms with van der Waals surface area (Å²) in [6.07, 6.45) is 1.12. The number of ether oxygens (including phenoxy) is 1. The largest absolute Gasteiger partial charge is 0.472 e. The van der Waals surface area contributed by atoms with Crippen molar-refractivity contribution in [1.29, 1.82) is 5.26 Å². The van der Waals surface area contributed by atoms with Crippen LogP contribution < -0.4 is 0 Å². The van der Waals surface area contributed by atoms with Crippen LogP contribution in [0.15, 0.2) is 35.3 Å². The van der Waals surface area contributed by atoms with Crippen molar-refractivity contribution >= 4 is 6.40 Å². The van der Waals surface area contributed by atoms with Gasteiger partial charge in [0, 0.05) is 0 Å². The molecule has 0 aliphatic carbocycles. The van der Waals surface area contributed by atoms with Crippen LogP contribution in [0.3, 0.4) is 0 Å². The highest BCUT2D eigenvalue weighted by molar-refractivity contribution is 5.52. The predicted molar refractivity (Wildman–Crippen MR) is 48.2 cm³/mol. The zero-order valence-corrected chi connectivity index (χ0v) is 6.92. The molecule has 0 spiro atoms. The molecule has 0 bridgehead atoms. The van der Waals surface area contributed by atoms with Gasteiger partial charge < -0.3 is 4.74 Å². The van der Waals surface area contributed by atoms with E-state index in [9.17, 15) is 0 Å². The van der Waals surface area contributed by atoms with Crippen LogP contribution in [0.4, 0.5) is 0 Å². The lowest BCUT2D eigenvalue weighted by atomic mass is 10.0. The van der Waals surface area contributed by atoms with Crippen LogP contribution in [-0.2, 0) is 4.74 Å². The van der Waals surface area contributed by atoms with E-state index >= 15 is 0 Å². The molecule has 0 aromatic heterocycles. The highest BCUT2D eigenvalue weighted by atomic mass is 16.5. The molecule has 0 radical (unpaired) electrons. The van der Waals surface area contributed by atoms with Crippen LogP contribution in [0.2, 0.25) is 0 Å². The Hall–Kier alpha value is -1.82. The number of hydrogen-bond donors (Lipinski definition) is 0. The number of rotatable bonds is 1. The minimum absolute atomic E-state index is 0.230. The van der Waals surface area contributed by atoms with Gasteiger partial charge in [-0.2, -0.15) is 5.26 Å². The Morgan fingerprint density at radius 3 is 2.77 bits per heavy atom. The molecule has 1 aliphatic rings. The number of hydrogen-bond acceptors (Lipinski definition) is 3. The molecule has 1 aromatic carbocycles. The van der Waals surface area contributed by atoms with Gasteiger partial charge >= 0.3 is 0 Å². The summed E-state index contributed by atoms with van der Waals surface area (Å²) < 4.78 is 5.23. The fraction of sp³-hybridized carbons (Fsp3) is 0.200. The third kappa shape index (κ3) is 1.38. The third-order valence-electron chi connectivity index (χ3n) is 1.98. The average molecular weight is 172 g/mol. The quantitative estimate of drug-likeness (QED) is 0.646. The lowest BCUT2D eigenvalue weighted by Crippen LogP contribution is -2.10. The van der Waals surface area contributed by atoms with E-state index < -0.39 is 6.04 Å². The van der Waals surface area contributed by atoms with E-state index in [1.165, 1.54) is 6.40 Å². The number of aliphatic imine (C=N–C) groups is 1. The summed E-state index contributed by atoms with van der Waals surface area (Å²) in [5.74, 6) is 0. The molecule has 0 N–H and O–H groups in total. The molecule has 64 valence electrons. The molecule has 2 rings (SSSR count). The molecule has 2 unspecified atom stereocenters. The monoisotopic (exact) mass is 172 g/mol. The van der Waals surface area contributed by atoms with Crippen molar-refractivity contribution < 1.29 is 4.74 Å². The van der Waals surface area contributed by atoms with Gasteiger partial charge in [-0.05, 0) is 5.56 Å². The van der Waals surface area contributed by atoms with E-state index in [0.717, 1.165) is 5.56 Å². The molecule has 1 aliphatic heterocycles. The summed E-state index contributed by atoms with van der Waals surface area (Å²) in [6.45, 7) is 0. The average Bonchev–Trinajstić information content (AvgIpc) is 2.67. The van der Waals surface area contributed by atoms with Crippen molar-refractivity contribution in [2.45, 2.75) is 12.1 Å². The molecular weight excluding hydrogens is 164 g/mol. The number of nitrogens with zero attached hydrogens (tertiary/aromatic N) is 2. The van der Waals surface area contributed by atoms with Crippen molar-refractivity contribution in [3.63, 3.8) is 0 Å². The van der Waals surface area contributed by atoms with Gasteiger partial charge in [0.1, 0.15) is 0 Å². The second-order valence-corrected chi connectivity index (χ2v) is 2.80. The van der Waals surface area contributed by atoms with E-state index in [-0.39, 0.29) is 6.10 Å². The Morgan fingerprint density at radius 2 is 2.08 bits per heavy atom. The second-order valence-electron chi connectivity index (χ2n) is 2.80. The molecule has 1 aromatic rings. The van der Waals surface area contributed by atoms with E-state index in [0.29, 0.717) is 0 Å². The van der Waals surface area contributed by atoms with E-state index in [1.54, 1.807) is 0 Å². The molecule has 2 atom stereocenters. The van der Waals surface area contributed by atoms with Gasteiger partial charge in [0.2, 0.25) is 0 Å². The van der Waals surface area contributed by atoms with Crippen molar-refractivity contribution in [1.82, 2.24) is 0 Å². The maximum Gasteiger partial charge on any atom is 0.180 e. The zero-order valence-electron chi connectivity index (χ0n) is 6.92. The first-order chi connectivity index (χ1) is 6.42. The van der Waals surface area contributed by atoms with Crippen molar-refractivity contribution in [2.24, 2.45) is 4.99 Å². The summed E-state index contributed by atoms with van der Waals surface area (Å²) in [5, 5.41) is 8.75. The van der Waals surface area contributed by atoms with E-state index in [2.05, 4.69) is 11.1 Å². The van der Waals surface area contributed by atoms with Crippen molar-refractivity contribution in [3.8, 4) is 6.07 Å². The van der Waals surface area contributed by atoms with Gasteiger partial charge in [-0.15, -0.1) is 0 Å². The smallest absolute Gasteiger partial charge is 0.180 e. The topological polar surface area (TPSA) is 45.4 Å². The van der Waals surface area contributed by atoms with Gasteiger partial charge in [0.15, 0.2) is 18.5 Å². The fourth-order valence-electron chi connectivity index (χ4n) is 1.32. The van der Waals surface area contributed by atoms with Gasteiger partial charge in [-0.25, -0.2) is 4.99 Å². The summed E-state index contributed by atoms with van der Waals surface area (Å²) in [4.78, 5) is 3.90. The van der Waals surface area contributed by atoms with Gasteiger partial charge in [0.25, 0.3) is 0 Å². The van der Waals surface area contributed by atoms with Gasteiger partial charge in [-0.1, -0.05) is 30.3 Å². The highest BCUT2D eigenvalue weighted by Gasteiger charge is 2.26. The van der Waals surface area contributed by atoms with Crippen molar-refractivity contribution in [3.05, 3.63) is 35.9 Å². The standard InChI is InChI=1S/C10H8N2O/c11-6-9-10(13-7-12-9)8-4-2-1-3-5-8/h1-5,7,9-10H. The molecule has 1 heterocycles. The molecule has 0 fully saturated rings. The summed E-state index contributed by atoms with van der Waals surface area (Å²) >= 11 is 0.